The number of unbranched alkanes of at least 4 members (excludes halogenated alkanes) is 5. The molecule has 1 unspecified atom stereocenters. The number of hydrogen-bond acceptors (Lipinski definition) is 20. The van der Waals surface area contributed by atoms with Crippen LogP contribution in [0.5, 0.6) is 0 Å². The van der Waals surface area contributed by atoms with Crippen molar-refractivity contribution >= 4 is 138 Å². The van der Waals surface area contributed by atoms with Crippen LogP contribution in [-0.4, -0.2) is 231 Å². The summed E-state index contributed by atoms with van der Waals surface area (Å²) in [6.07, 6.45) is 3.20. The Bertz CT molecular complexity index is 4810. The molecule has 4 aliphatic heterocycles. The molecule has 10 rings (SSSR count). The molecule has 1 atom stereocenters. The number of nitrogens with zero attached hydrogens (tertiary/aromatic N) is 10. The fourth-order valence-corrected chi connectivity index (χ4v) is 30.1. The van der Waals surface area contributed by atoms with Gasteiger partial charge in [-0.2, -0.15) is 42.1 Å². The lowest BCUT2D eigenvalue weighted by Crippen LogP contribution is -2.70. The van der Waals surface area contributed by atoms with Gasteiger partial charge in [-0.15, -0.1) is 0 Å². The van der Waals surface area contributed by atoms with Gasteiger partial charge in [0.2, 0.25) is 0 Å². The fraction of sp³-hybridized carbons (Fsp3) is 0.515. The molecule has 105 heavy (non-hydrogen) atoms. The zero-order chi connectivity index (χ0) is 75.9. The number of carbonyl (C=O) groups is 1. The van der Waals surface area contributed by atoms with Crippen LogP contribution in [0, 0.1) is 0 Å². The molecule has 4 aliphatic rings. The van der Waals surface area contributed by atoms with Crippen LogP contribution in [0.25, 0.3) is 21.5 Å². The Balaban J connectivity index is 1.19. The number of amidine groups is 4. The molecule has 6 heterocycles. The van der Waals surface area contributed by atoms with Crippen molar-refractivity contribution in [3.63, 3.8) is 0 Å². The summed E-state index contributed by atoms with van der Waals surface area (Å²) in [6, 6.07) is 31.9. The van der Waals surface area contributed by atoms with E-state index in [0.717, 1.165) is 0 Å². The average molecular weight is 1600 g/mol. The number of ketones is 1. The molecule has 6 aromatic rings. The molecule has 4 aromatic carbocycles. The minimum absolute atomic E-state index is 0.0560. The third-order valence-electron chi connectivity index (χ3n) is 19.7. The summed E-state index contributed by atoms with van der Waals surface area (Å²) in [5.74, 6) is -0.286. The molecule has 0 saturated heterocycles. The predicted octanol–water partition coefficient (Wildman–Crippen LogP) is 8.56. The summed E-state index contributed by atoms with van der Waals surface area (Å²) in [7, 11) is -33.6. The second kappa shape index (κ2) is 33.4. The van der Waals surface area contributed by atoms with Crippen LogP contribution < -0.4 is 11.0 Å². The molecular formula is C68H96N10O19S5Si3+2. The van der Waals surface area contributed by atoms with Crippen molar-refractivity contribution in [1.82, 2.24) is 8.47 Å². The minimum Gasteiger partial charge on any atom is -0.404 e. The van der Waals surface area contributed by atoms with E-state index in [9.17, 15) is 69.6 Å². The lowest BCUT2D eigenvalue weighted by Gasteiger charge is -2.44. The van der Waals surface area contributed by atoms with Crippen molar-refractivity contribution < 1.29 is 91.6 Å². The Morgan fingerprint density at radius 3 is 1.01 bits per heavy atom. The van der Waals surface area contributed by atoms with Crippen LogP contribution in [0.15, 0.2) is 127 Å². The second-order valence-electron chi connectivity index (χ2n) is 29.1. The predicted molar refractivity (Wildman–Crippen MR) is 411 cm³/mol. The highest BCUT2D eigenvalue weighted by Gasteiger charge is 2.58. The maximum atomic E-state index is 12.1. The van der Waals surface area contributed by atoms with Crippen LogP contribution in [0.3, 0.4) is 0 Å². The highest BCUT2D eigenvalue weighted by atomic mass is 32.2. The first-order valence-electron chi connectivity index (χ1n) is 35.5. The number of benzene rings is 4. The quantitative estimate of drug-likeness (QED) is 0.0103. The van der Waals surface area contributed by atoms with Crippen molar-refractivity contribution in [2.75, 3.05) is 94.3 Å². The SMILES string of the molecule is CC(=O)CCOCC[N+](CCCCS(=O)(=O)O)(CCCCS(=O)(=O)O)CCC[Si](C)(C)O[Si]1(O[Si](C)(C)CCC[N+](CCCCS(=O)(=O)O)(CCCCS(=O)(=O)O)CCCCS(=O)(=O)O)n2c3c4ccccc4c2N=C2N=C(N=c4c5ccccc5c(n41)=NC1=NC(=N3)c3ccccc31)c1ccccc12. The lowest BCUT2D eigenvalue weighted by atomic mass is 10.1. The van der Waals surface area contributed by atoms with Gasteiger partial charge in [-0.05, 0) is 122 Å². The number of aliphatic imine (C=N–C) groups is 4. The van der Waals surface area contributed by atoms with Gasteiger partial charge in [0.1, 0.15) is 34.9 Å². The third-order valence-corrected chi connectivity index (χ3v) is 35.4. The molecule has 29 nitrogen and oxygen atoms in total. The molecule has 0 aliphatic carbocycles. The minimum atomic E-state index is -4.95. The van der Waals surface area contributed by atoms with Crippen LogP contribution in [0.1, 0.15) is 113 Å². The van der Waals surface area contributed by atoms with Gasteiger partial charge in [0, 0.05) is 50.2 Å². The first-order chi connectivity index (χ1) is 49.4. The number of Topliss-reactive ketones (excluding diaryl/α,β-unsaturated/α-hetero) is 1. The molecule has 0 amide bonds. The molecule has 5 N–H and O–H groups in total. The first kappa shape index (κ1) is 81.4. The average Bonchev–Trinajstić information content (AvgIpc) is 1.53. The Hall–Kier alpha value is -6.09. The van der Waals surface area contributed by atoms with Crippen LogP contribution in [0.2, 0.25) is 38.3 Å². The van der Waals surface area contributed by atoms with Gasteiger partial charge in [-0.25, -0.2) is 30.0 Å². The number of hydrogen-bond donors (Lipinski definition) is 5. The molecule has 37 heteroatoms. The molecule has 0 spiro atoms. The number of ether oxygens (including phenoxy) is 1. The van der Waals surface area contributed by atoms with Crippen LogP contribution in [0.4, 0.5) is 11.6 Å². The van der Waals surface area contributed by atoms with Crippen LogP contribution >= 0.6 is 0 Å². The van der Waals surface area contributed by atoms with Crippen molar-refractivity contribution in [2.24, 2.45) is 30.0 Å². The molecule has 2 aromatic heterocycles. The molecule has 572 valence electrons. The van der Waals surface area contributed by atoms with Crippen molar-refractivity contribution in [3.8, 4) is 0 Å². The summed E-state index contributed by atoms with van der Waals surface area (Å²) < 4.78 is 198. The van der Waals surface area contributed by atoms with E-state index in [-0.39, 0.29) is 62.0 Å². The standard InChI is InChI=1S/C68H94N10O19S5Si3/c1-52(79)34-43-95-44-42-78(38-17-22-48-101(89,90)91,39-18-23-49-102(92,93)94)41-25-51-104(4,5)97-105(96-103(2,3)50-24-40-77(35-14-19-45-98(80,81)82,36-15-20-46-99(83,84)85)37-16-21-47-100(86,87)88)75-65-57-30-10-11-31-58(57)67(75)73-63-55-28-8-9-29-56(55)64(70-63)74-68-60-33-13-12-32-59(60)66(76(68)105)72-62-54-27-7-6-26-53(54)61(69-62)71-65/h6-13,26-33H,14-25,34-51H2,1-5H3,(H3-2,80,81,82,83,84,85,86,87,88,89,90,91,92,93,94)/p+2. The first-order valence-corrected chi connectivity index (χ1v) is 51.5. The van der Waals surface area contributed by atoms with E-state index < -0.39 is 105 Å². The zero-order valence-corrected chi connectivity index (χ0v) is 67.0. The molecule has 6 bridgehead atoms. The zero-order valence-electron chi connectivity index (χ0n) is 59.9. The maximum Gasteiger partial charge on any atom is 0.582 e. The van der Waals surface area contributed by atoms with E-state index in [1.807, 2.05) is 106 Å². The van der Waals surface area contributed by atoms with E-state index in [1.54, 1.807) is 0 Å². The Morgan fingerprint density at radius 2 is 0.686 bits per heavy atom. The van der Waals surface area contributed by atoms with Crippen LogP contribution in [-0.2, 0) is 68.4 Å². The van der Waals surface area contributed by atoms with Gasteiger partial charge in [0.15, 0.2) is 40.0 Å². The lowest BCUT2D eigenvalue weighted by molar-refractivity contribution is -0.929. The number of quaternary nitrogens is 2. The number of aromatic nitrogens is 2. The Labute approximate surface area is 617 Å². The molecule has 0 radical (unpaired) electrons. The van der Waals surface area contributed by atoms with E-state index >= 15 is 0 Å². The fourth-order valence-electron chi connectivity index (χ4n) is 14.7. The van der Waals surface area contributed by atoms with Crippen molar-refractivity contribution in [3.05, 3.63) is 130 Å². The van der Waals surface area contributed by atoms with Crippen molar-refractivity contribution in [1.29, 1.82) is 0 Å². The summed E-state index contributed by atoms with van der Waals surface area (Å²) in [5.41, 5.74) is 3.67. The van der Waals surface area contributed by atoms with E-state index in [0.29, 0.717) is 204 Å². The normalized spacial score (nSPS) is 16.3. The van der Waals surface area contributed by atoms with E-state index in [1.165, 1.54) is 6.92 Å². The summed E-state index contributed by atoms with van der Waals surface area (Å²) >= 11 is 0. The Kier molecular flexibility index (Phi) is 25.9. The smallest absolute Gasteiger partial charge is 0.404 e. The third kappa shape index (κ3) is 21.7. The topological polar surface area (TPSA) is 401 Å². The summed E-state index contributed by atoms with van der Waals surface area (Å²) in [6.45, 7) is 13.3. The molecule has 0 saturated carbocycles. The second-order valence-corrected chi connectivity index (χ2v) is 48.6. The van der Waals surface area contributed by atoms with Gasteiger partial charge in [0.25, 0.3) is 50.6 Å². The Morgan fingerprint density at radius 1 is 0.390 bits per heavy atom. The number of fused-ring (bicyclic) bond motifs is 14. The van der Waals surface area contributed by atoms with Gasteiger partial charge in [0.05, 0.1) is 87.8 Å². The van der Waals surface area contributed by atoms with Gasteiger partial charge < -0.3 is 21.9 Å². The van der Waals surface area contributed by atoms with Gasteiger partial charge in [-0.1, -0.05) is 97.1 Å². The van der Waals surface area contributed by atoms with Gasteiger partial charge >= 0.3 is 8.88 Å². The summed E-state index contributed by atoms with van der Waals surface area (Å²) in [5, 5.41) is 2.69. The van der Waals surface area contributed by atoms with Crippen molar-refractivity contribution in [2.45, 2.75) is 129 Å². The summed E-state index contributed by atoms with van der Waals surface area (Å²) in [4.78, 5) is 45.3. The largest absolute Gasteiger partial charge is 0.582 e. The maximum absolute atomic E-state index is 12.1. The number of carbonyl (C=O) groups excluding carboxylic acids is 1. The highest BCUT2D eigenvalue weighted by molar-refractivity contribution is 7.86. The number of rotatable bonds is 43. The highest BCUT2D eigenvalue weighted by Crippen LogP contribution is 2.46. The van der Waals surface area contributed by atoms with E-state index in [2.05, 4.69) is 26.2 Å². The van der Waals surface area contributed by atoms with E-state index in [4.69, 9.17) is 42.9 Å². The molecular weight excluding hydrogens is 1510 g/mol. The molecule has 0 fully saturated rings. The van der Waals surface area contributed by atoms with Gasteiger partial charge in [-0.3, -0.25) is 36.0 Å². The monoisotopic (exact) mass is 1600 g/mol.